The molecule has 9 heteroatoms. The lowest BCUT2D eigenvalue weighted by molar-refractivity contribution is -0.0120. The molecular weight excluding hydrogens is 367 g/mol. The first-order valence-corrected chi connectivity index (χ1v) is 8.44. The number of nitrogens with one attached hydrogen (secondary N) is 1. The molecule has 1 unspecified atom stereocenters. The van der Waals surface area contributed by atoms with Crippen LogP contribution in [0.25, 0.3) is 0 Å². The normalized spacial score (nSPS) is 22.6. The van der Waals surface area contributed by atoms with E-state index in [-0.39, 0.29) is 21.6 Å². The molecule has 0 radical (unpaired) electrons. The van der Waals surface area contributed by atoms with Crippen LogP contribution in [0.4, 0.5) is 10.1 Å². The highest BCUT2D eigenvalue weighted by molar-refractivity contribution is 9.10. The zero-order valence-electron chi connectivity index (χ0n) is 11.4. The molecule has 1 aliphatic rings. The number of sulfonamides is 1. The Bertz CT molecular complexity index is 632. The summed E-state index contributed by atoms with van der Waals surface area (Å²) >= 11 is 3.03. The molecule has 6 nitrogen and oxygen atoms in total. The second-order valence-corrected chi connectivity index (χ2v) is 7.41. The van der Waals surface area contributed by atoms with E-state index in [0.717, 1.165) is 12.1 Å². The van der Waals surface area contributed by atoms with E-state index in [1.165, 1.54) is 7.11 Å². The van der Waals surface area contributed by atoms with E-state index in [4.69, 9.17) is 15.2 Å². The minimum atomic E-state index is -3.84. The van der Waals surface area contributed by atoms with Gasteiger partial charge in [-0.3, -0.25) is 0 Å². The van der Waals surface area contributed by atoms with Crippen molar-refractivity contribution >= 4 is 31.6 Å². The van der Waals surface area contributed by atoms with Crippen molar-refractivity contribution in [1.29, 1.82) is 0 Å². The largest absolute Gasteiger partial charge is 0.396 e. The molecule has 1 aromatic rings. The molecule has 0 aromatic heterocycles. The Kier molecular flexibility index (Phi) is 4.89. The van der Waals surface area contributed by atoms with Crippen LogP contribution in [0.2, 0.25) is 0 Å². The van der Waals surface area contributed by atoms with Crippen LogP contribution in [-0.2, 0) is 19.5 Å². The fourth-order valence-electron chi connectivity index (χ4n) is 2.02. The number of rotatable bonds is 5. The summed E-state index contributed by atoms with van der Waals surface area (Å²) in [4.78, 5) is -0.119. The van der Waals surface area contributed by atoms with Crippen molar-refractivity contribution in [3.63, 3.8) is 0 Å². The Balaban J connectivity index is 2.21. The van der Waals surface area contributed by atoms with Crippen LogP contribution in [-0.4, -0.2) is 40.9 Å². The van der Waals surface area contributed by atoms with Crippen molar-refractivity contribution in [2.75, 3.05) is 32.6 Å². The minimum absolute atomic E-state index is 0.0650. The maximum Gasteiger partial charge on any atom is 0.241 e. The van der Waals surface area contributed by atoms with Gasteiger partial charge >= 0.3 is 0 Å². The topological polar surface area (TPSA) is 90.7 Å². The van der Waals surface area contributed by atoms with Gasteiger partial charge in [0, 0.05) is 31.2 Å². The van der Waals surface area contributed by atoms with Crippen molar-refractivity contribution in [2.24, 2.45) is 0 Å². The van der Waals surface area contributed by atoms with Gasteiger partial charge in [0.25, 0.3) is 0 Å². The monoisotopic (exact) mass is 382 g/mol. The van der Waals surface area contributed by atoms with E-state index in [2.05, 4.69) is 20.7 Å². The number of hydrogen-bond donors (Lipinski definition) is 2. The highest BCUT2D eigenvalue weighted by atomic mass is 79.9. The fraction of sp³-hybridized carbons (Fsp3) is 0.500. The summed E-state index contributed by atoms with van der Waals surface area (Å²) in [5.74, 6) is -0.682. The third kappa shape index (κ3) is 3.54. The molecule has 2 rings (SSSR count). The van der Waals surface area contributed by atoms with Gasteiger partial charge in [0.15, 0.2) is 0 Å². The van der Waals surface area contributed by atoms with Crippen LogP contribution >= 0.6 is 15.9 Å². The van der Waals surface area contributed by atoms with Crippen LogP contribution < -0.4 is 10.5 Å². The second kappa shape index (κ2) is 6.17. The maximum absolute atomic E-state index is 13.3. The lowest BCUT2D eigenvalue weighted by atomic mass is 10.0. The summed E-state index contributed by atoms with van der Waals surface area (Å²) < 4.78 is 51.1. The van der Waals surface area contributed by atoms with Gasteiger partial charge in [-0.1, -0.05) is 0 Å². The lowest BCUT2D eigenvalue weighted by Gasteiger charge is -2.25. The van der Waals surface area contributed by atoms with Crippen molar-refractivity contribution in [1.82, 2.24) is 4.72 Å². The van der Waals surface area contributed by atoms with Crippen molar-refractivity contribution in [3.05, 3.63) is 22.4 Å². The number of anilines is 1. The zero-order chi connectivity index (χ0) is 15.7. The number of benzene rings is 1. The highest BCUT2D eigenvalue weighted by Crippen LogP contribution is 2.28. The molecule has 21 heavy (non-hydrogen) atoms. The number of nitrogen functional groups attached to an aromatic ring is 1. The molecule has 3 N–H and O–H groups in total. The smallest absolute Gasteiger partial charge is 0.241 e. The van der Waals surface area contributed by atoms with E-state index >= 15 is 0 Å². The predicted octanol–water partition coefficient (Wildman–Crippen LogP) is 1.25. The van der Waals surface area contributed by atoms with Gasteiger partial charge in [-0.15, -0.1) is 0 Å². The lowest BCUT2D eigenvalue weighted by Crippen LogP contribution is -2.45. The maximum atomic E-state index is 13.3. The van der Waals surface area contributed by atoms with E-state index in [9.17, 15) is 12.8 Å². The van der Waals surface area contributed by atoms with Crippen LogP contribution in [0.1, 0.15) is 6.42 Å². The molecule has 0 bridgehead atoms. The molecule has 0 saturated carbocycles. The molecule has 0 spiro atoms. The first-order chi connectivity index (χ1) is 9.80. The minimum Gasteiger partial charge on any atom is -0.396 e. The average molecular weight is 383 g/mol. The zero-order valence-corrected chi connectivity index (χ0v) is 13.8. The summed E-state index contributed by atoms with van der Waals surface area (Å²) in [5, 5.41) is 0. The Morgan fingerprint density at radius 3 is 2.86 bits per heavy atom. The Labute approximate surface area is 131 Å². The SMILES string of the molecule is COC1(CNS(=O)(=O)c2cc(N)c(F)cc2Br)CCOC1. The molecule has 1 aromatic carbocycles. The molecule has 118 valence electrons. The molecule has 1 fully saturated rings. The van der Waals surface area contributed by atoms with Gasteiger partial charge < -0.3 is 15.2 Å². The summed E-state index contributed by atoms with van der Waals surface area (Å²) in [6, 6.07) is 2.10. The fourth-order valence-corrected chi connectivity index (χ4v) is 4.18. The van der Waals surface area contributed by atoms with E-state index in [1.54, 1.807) is 0 Å². The number of halogens is 2. The van der Waals surface area contributed by atoms with Crippen molar-refractivity contribution < 1.29 is 22.3 Å². The van der Waals surface area contributed by atoms with E-state index in [1.807, 2.05) is 0 Å². The second-order valence-electron chi connectivity index (χ2n) is 4.82. The van der Waals surface area contributed by atoms with Gasteiger partial charge in [-0.2, -0.15) is 0 Å². The third-order valence-corrected chi connectivity index (χ3v) is 5.78. The van der Waals surface area contributed by atoms with Crippen LogP contribution in [0, 0.1) is 5.82 Å². The van der Waals surface area contributed by atoms with E-state index < -0.39 is 21.4 Å². The standard InChI is InChI=1S/C12H16BrFN2O4S/c1-19-12(2-3-20-7-12)6-16-21(17,18)11-5-10(15)9(14)4-8(11)13/h4-5,16H,2-3,6-7,15H2,1H3. The van der Waals surface area contributed by atoms with Gasteiger partial charge in [-0.05, 0) is 28.1 Å². The number of hydrogen-bond acceptors (Lipinski definition) is 5. The molecule has 1 aliphatic heterocycles. The number of ether oxygens (including phenoxy) is 2. The summed E-state index contributed by atoms with van der Waals surface area (Å²) in [5.41, 5.74) is 4.52. The first-order valence-electron chi connectivity index (χ1n) is 6.17. The summed E-state index contributed by atoms with van der Waals surface area (Å²) in [6.45, 7) is 0.900. The molecule has 0 aliphatic carbocycles. The Morgan fingerprint density at radius 1 is 1.57 bits per heavy atom. The predicted molar refractivity (Wildman–Crippen MR) is 78.9 cm³/mol. The van der Waals surface area contributed by atoms with E-state index in [0.29, 0.717) is 19.6 Å². The quantitative estimate of drug-likeness (QED) is 0.747. The number of methoxy groups -OCH3 is 1. The molecule has 0 amide bonds. The van der Waals surface area contributed by atoms with Gasteiger partial charge in [-0.25, -0.2) is 17.5 Å². The average Bonchev–Trinajstić information content (AvgIpc) is 2.90. The van der Waals surface area contributed by atoms with Crippen LogP contribution in [0.3, 0.4) is 0 Å². The third-order valence-electron chi connectivity index (χ3n) is 3.43. The van der Waals surface area contributed by atoms with Crippen LogP contribution in [0.5, 0.6) is 0 Å². The first kappa shape index (κ1) is 16.6. The van der Waals surface area contributed by atoms with Crippen molar-refractivity contribution in [2.45, 2.75) is 16.9 Å². The summed E-state index contributed by atoms with van der Waals surface area (Å²) in [6.07, 6.45) is 0.596. The van der Waals surface area contributed by atoms with Gasteiger partial charge in [0.1, 0.15) is 11.4 Å². The molecule has 1 heterocycles. The molecule has 1 atom stereocenters. The summed E-state index contributed by atoms with van der Waals surface area (Å²) in [7, 11) is -2.34. The van der Waals surface area contributed by atoms with Gasteiger partial charge in [0.05, 0.1) is 17.2 Å². The van der Waals surface area contributed by atoms with Crippen molar-refractivity contribution in [3.8, 4) is 0 Å². The highest BCUT2D eigenvalue weighted by Gasteiger charge is 2.36. The Morgan fingerprint density at radius 2 is 2.29 bits per heavy atom. The molecule has 1 saturated heterocycles. The van der Waals surface area contributed by atoms with Gasteiger partial charge in [0.2, 0.25) is 10.0 Å². The molecular formula is C12H16BrFN2O4S. The van der Waals surface area contributed by atoms with Crippen LogP contribution in [0.15, 0.2) is 21.5 Å². The number of nitrogens with two attached hydrogens (primary N) is 1. The Hall–Kier alpha value is -0.740.